The average molecular weight is 352 g/mol. The summed E-state index contributed by atoms with van der Waals surface area (Å²) in [6.45, 7) is 3.96. The number of amidine groups is 1. The topological polar surface area (TPSA) is 50.5 Å². The van der Waals surface area contributed by atoms with E-state index in [0.717, 1.165) is 35.2 Å². The lowest BCUT2D eigenvalue weighted by Crippen LogP contribution is -2.33. The van der Waals surface area contributed by atoms with Crippen LogP contribution in [0.15, 0.2) is 46.4 Å². The maximum absolute atomic E-state index is 12.3. The van der Waals surface area contributed by atoms with Crippen molar-refractivity contribution in [3.63, 3.8) is 0 Å². The summed E-state index contributed by atoms with van der Waals surface area (Å²) in [5.41, 5.74) is 2.86. The number of carbonyl (C=O) groups is 1. The zero-order valence-corrected chi connectivity index (χ0v) is 15.0. The maximum Gasteiger partial charge on any atom is 0.286 e. The van der Waals surface area contributed by atoms with Crippen molar-refractivity contribution in [3.8, 4) is 5.69 Å². The second kappa shape index (κ2) is 6.88. The average Bonchev–Trinajstić information content (AvgIpc) is 3.20. The molecule has 1 amide bonds. The fourth-order valence-corrected chi connectivity index (χ4v) is 4.04. The first kappa shape index (κ1) is 16.1. The zero-order valence-electron chi connectivity index (χ0n) is 14.2. The van der Waals surface area contributed by atoms with Crippen LogP contribution in [0.25, 0.3) is 11.8 Å². The second-order valence-electron chi connectivity index (χ2n) is 6.31. The monoisotopic (exact) mass is 352 g/mol. The molecule has 0 atom stereocenters. The number of likely N-dealkylation sites (tertiary alicyclic amines) is 1. The number of para-hydroxylation sites is 1. The molecule has 1 aromatic carbocycles. The Hall–Kier alpha value is -2.34. The van der Waals surface area contributed by atoms with E-state index in [2.05, 4.69) is 15.0 Å². The molecule has 0 saturated carbocycles. The van der Waals surface area contributed by atoms with Gasteiger partial charge in [-0.25, -0.2) is 4.68 Å². The van der Waals surface area contributed by atoms with Crippen LogP contribution >= 0.6 is 11.8 Å². The van der Waals surface area contributed by atoms with Gasteiger partial charge in [-0.1, -0.05) is 18.2 Å². The maximum atomic E-state index is 12.3. The Morgan fingerprint density at radius 3 is 2.64 bits per heavy atom. The van der Waals surface area contributed by atoms with Gasteiger partial charge in [-0.15, -0.1) is 0 Å². The van der Waals surface area contributed by atoms with E-state index >= 15 is 0 Å². The Labute approximate surface area is 151 Å². The predicted octanol–water partition coefficient (Wildman–Crippen LogP) is 3.64. The SMILES string of the molecule is Cc1nn(-c2ccccc2)cc1/C=C1\SC(N2CCCCC2)=NC1=O. The number of carbonyl (C=O) groups excluding carboxylic acids is 1. The molecule has 0 N–H and O–H groups in total. The number of hydrogen-bond donors (Lipinski definition) is 0. The molecule has 0 aliphatic carbocycles. The summed E-state index contributed by atoms with van der Waals surface area (Å²) in [7, 11) is 0. The van der Waals surface area contributed by atoms with Crippen LogP contribution in [0.4, 0.5) is 0 Å². The van der Waals surface area contributed by atoms with Crippen molar-refractivity contribution in [1.29, 1.82) is 0 Å². The third kappa shape index (κ3) is 3.39. The van der Waals surface area contributed by atoms with E-state index in [1.165, 1.54) is 31.0 Å². The van der Waals surface area contributed by atoms with Crippen LogP contribution in [0.3, 0.4) is 0 Å². The van der Waals surface area contributed by atoms with Crippen molar-refractivity contribution >= 4 is 28.9 Å². The molecule has 1 aromatic heterocycles. The molecular formula is C19H20N4OS. The molecule has 25 heavy (non-hydrogen) atoms. The van der Waals surface area contributed by atoms with Gasteiger partial charge in [-0.3, -0.25) is 4.79 Å². The molecule has 2 aromatic rings. The number of aryl methyl sites for hydroxylation is 1. The van der Waals surface area contributed by atoms with Crippen LogP contribution < -0.4 is 0 Å². The van der Waals surface area contributed by atoms with E-state index in [1.54, 1.807) is 0 Å². The molecule has 0 bridgehead atoms. The minimum Gasteiger partial charge on any atom is -0.351 e. The molecule has 4 rings (SSSR count). The van der Waals surface area contributed by atoms with E-state index in [1.807, 2.05) is 54.2 Å². The Kier molecular flexibility index (Phi) is 4.44. The van der Waals surface area contributed by atoms with Crippen molar-refractivity contribution < 1.29 is 4.79 Å². The molecule has 5 nitrogen and oxygen atoms in total. The highest BCUT2D eigenvalue weighted by Crippen LogP contribution is 2.32. The second-order valence-corrected chi connectivity index (χ2v) is 7.32. The number of piperidine rings is 1. The summed E-state index contributed by atoms with van der Waals surface area (Å²) in [4.78, 5) is 19.5. The fourth-order valence-electron chi connectivity index (χ4n) is 3.09. The van der Waals surface area contributed by atoms with Crippen molar-refractivity contribution in [2.75, 3.05) is 13.1 Å². The lowest BCUT2D eigenvalue weighted by atomic mass is 10.1. The number of aromatic nitrogens is 2. The molecule has 2 aliphatic rings. The summed E-state index contributed by atoms with van der Waals surface area (Å²) in [5, 5.41) is 5.41. The first-order valence-corrected chi connectivity index (χ1v) is 9.41. The van der Waals surface area contributed by atoms with Gasteiger partial charge in [-0.2, -0.15) is 10.1 Å². The van der Waals surface area contributed by atoms with Crippen LogP contribution in [-0.2, 0) is 4.79 Å². The van der Waals surface area contributed by atoms with Crippen LogP contribution in [0.5, 0.6) is 0 Å². The van der Waals surface area contributed by atoms with Crippen LogP contribution in [0.1, 0.15) is 30.5 Å². The van der Waals surface area contributed by atoms with Gasteiger partial charge >= 0.3 is 0 Å². The summed E-state index contributed by atoms with van der Waals surface area (Å²) in [6.07, 6.45) is 7.49. The van der Waals surface area contributed by atoms with Crippen LogP contribution in [0.2, 0.25) is 0 Å². The summed E-state index contributed by atoms with van der Waals surface area (Å²) in [6, 6.07) is 9.97. The van der Waals surface area contributed by atoms with Gasteiger partial charge in [0, 0.05) is 24.8 Å². The lowest BCUT2D eigenvalue weighted by Gasteiger charge is -2.27. The van der Waals surface area contributed by atoms with Crippen LogP contribution in [-0.4, -0.2) is 38.8 Å². The molecular weight excluding hydrogens is 332 g/mol. The lowest BCUT2D eigenvalue weighted by molar-refractivity contribution is -0.113. The van der Waals surface area contributed by atoms with E-state index in [9.17, 15) is 4.79 Å². The molecule has 3 heterocycles. The highest BCUT2D eigenvalue weighted by Gasteiger charge is 2.27. The van der Waals surface area contributed by atoms with E-state index in [0.29, 0.717) is 4.91 Å². The first-order valence-electron chi connectivity index (χ1n) is 8.60. The number of amides is 1. The quantitative estimate of drug-likeness (QED) is 0.775. The summed E-state index contributed by atoms with van der Waals surface area (Å²) in [5.74, 6) is -0.141. The summed E-state index contributed by atoms with van der Waals surface area (Å²) < 4.78 is 1.85. The number of rotatable bonds is 2. The Bertz CT molecular complexity index is 848. The Balaban J connectivity index is 1.56. The largest absolute Gasteiger partial charge is 0.351 e. The van der Waals surface area contributed by atoms with Gasteiger partial charge in [0.1, 0.15) is 0 Å². The van der Waals surface area contributed by atoms with Gasteiger partial charge < -0.3 is 4.90 Å². The van der Waals surface area contributed by atoms with Crippen molar-refractivity contribution in [2.24, 2.45) is 4.99 Å². The van der Waals surface area contributed by atoms with Gasteiger partial charge in [-0.05, 0) is 56.2 Å². The van der Waals surface area contributed by atoms with E-state index in [4.69, 9.17) is 0 Å². The van der Waals surface area contributed by atoms with Gasteiger partial charge in [0.25, 0.3) is 5.91 Å². The molecule has 1 saturated heterocycles. The van der Waals surface area contributed by atoms with Gasteiger partial charge in [0.15, 0.2) is 5.17 Å². The molecule has 128 valence electrons. The molecule has 6 heteroatoms. The van der Waals surface area contributed by atoms with Gasteiger partial charge in [0.2, 0.25) is 0 Å². The highest BCUT2D eigenvalue weighted by atomic mass is 32.2. The third-order valence-electron chi connectivity index (χ3n) is 4.48. The normalized spacial score (nSPS) is 19.6. The minimum absolute atomic E-state index is 0.141. The third-order valence-corrected chi connectivity index (χ3v) is 5.52. The number of hydrogen-bond acceptors (Lipinski definition) is 4. The van der Waals surface area contributed by atoms with Crippen molar-refractivity contribution in [3.05, 3.63) is 52.7 Å². The Morgan fingerprint density at radius 2 is 1.88 bits per heavy atom. The fraction of sp³-hybridized carbons (Fsp3) is 0.316. The molecule has 1 fully saturated rings. The minimum atomic E-state index is -0.141. The molecule has 0 unspecified atom stereocenters. The standard InChI is InChI=1S/C19H20N4OS/c1-14-15(13-23(21-14)16-8-4-2-5-9-16)12-17-18(24)20-19(25-17)22-10-6-3-7-11-22/h2,4-5,8-9,12-13H,3,6-7,10-11H2,1H3/b17-12-. The van der Waals surface area contributed by atoms with E-state index in [-0.39, 0.29) is 5.91 Å². The van der Waals surface area contributed by atoms with Crippen LogP contribution in [0, 0.1) is 6.92 Å². The van der Waals surface area contributed by atoms with E-state index < -0.39 is 0 Å². The number of aliphatic imine (C=N–C) groups is 1. The number of nitrogens with zero attached hydrogens (tertiary/aromatic N) is 4. The highest BCUT2D eigenvalue weighted by molar-refractivity contribution is 8.18. The predicted molar refractivity (Wildman–Crippen MR) is 102 cm³/mol. The Morgan fingerprint density at radius 1 is 1.12 bits per heavy atom. The zero-order chi connectivity index (χ0) is 17.2. The smallest absolute Gasteiger partial charge is 0.286 e. The molecule has 2 aliphatic heterocycles. The molecule has 0 spiro atoms. The van der Waals surface area contributed by atoms with Crippen molar-refractivity contribution in [1.82, 2.24) is 14.7 Å². The van der Waals surface area contributed by atoms with Crippen molar-refractivity contribution in [2.45, 2.75) is 26.2 Å². The number of benzene rings is 1. The first-order chi connectivity index (χ1) is 12.2. The molecule has 0 radical (unpaired) electrons. The van der Waals surface area contributed by atoms with Gasteiger partial charge in [0.05, 0.1) is 16.3 Å². The summed E-state index contributed by atoms with van der Waals surface area (Å²) >= 11 is 1.48. The number of thioether (sulfide) groups is 1.